The van der Waals surface area contributed by atoms with E-state index in [1.165, 1.54) is 5.56 Å². The van der Waals surface area contributed by atoms with Crippen LogP contribution in [0.1, 0.15) is 43.7 Å². The summed E-state index contributed by atoms with van der Waals surface area (Å²) in [5.74, 6) is 0.606. The lowest BCUT2D eigenvalue weighted by molar-refractivity contribution is -0.134. The van der Waals surface area contributed by atoms with Crippen LogP contribution < -0.4 is 16.6 Å². The van der Waals surface area contributed by atoms with Crippen LogP contribution >= 0.6 is 11.6 Å². The van der Waals surface area contributed by atoms with E-state index in [-0.39, 0.29) is 36.0 Å². The van der Waals surface area contributed by atoms with Gasteiger partial charge in [0.2, 0.25) is 11.8 Å². The molecule has 32 heavy (non-hydrogen) atoms. The lowest BCUT2D eigenvalue weighted by Gasteiger charge is -2.37. The van der Waals surface area contributed by atoms with Gasteiger partial charge in [-0.2, -0.15) is 5.10 Å². The number of piperidine rings is 1. The molecule has 0 spiro atoms. The van der Waals surface area contributed by atoms with Gasteiger partial charge in [0.1, 0.15) is 12.0 Å². The summed E-state index contributed by atoms with van der Waals surface area (Å²) < 4.78 is 0. The predicted octanol–water partition coefficient (Wildman–Crippen LogP) is 1.49. The maximum atomic E-state index is 12.7. The van der Waals surface area contributed by atoms with E-state index in [4.69, 9.17) is 17.3 Å². The van der Waals surface area contributed by atoms with Crippen LogP contribution in [0.3, 0.4) is 0 Å². The van der Waals surface area contributed by atoms with Crippen molar-refractivity contribution in [2.45, 2.75) is 50.4 Å². The number of primary amides is 1. The number of rotatable bonds is 5. The number of amides is 2. The Morgan fingerprint density at radius 3 is 2.62 bits per heavy atom. The molecule has 3 atom stereocenters. The molecule has 3 unspecified atom stereocenters. The molecule has 4 N–H and O–H groups in total. The van der Waals surface area contributed by atoms with Crippen LogP contribution in [0, 0.1) is 5.92 Å². The second kappa shape index (κ2) is 8.63. The second-order valence-electron chi connectivity index (χ2n) is 8.81. The summed E-state index contributed by atoms with van der Waals surface area (Å²) >= 11 is 6.03. The maximum Gasteiger partial charge on any atom is 0.223 e. The van der Waals surface area contributed by atoms with Crippen molar-refractivity contribution >= 4 is 29.3 Å². The molecule has 170 valence electrons. The number of nitrogens with two attached hydrogens (primary N) is 1. The van der Waals surface area contributed by atoms with Gasteiger partial charge in [-0.05, 0) is 37.0 Å². The Balaban J connectivity index is 1.15. The highest BCUT2D eigenvalue weighted by atomic mass is 35.5. The highest BCUT2D eigenvalue weighted by Gasteiger charge is 2.44. The average molecular weight is 458 g/mol. The number of hydrogen-bond donors (Lipinski definition) is 3. The molecule has 1 aromatic rings. The monoisotopic (exact) mass is 457 g/mol. The van der Waals surface area contributed by atoms with Crippen molar-refractivity contribution in [1.82, 2.24) is 25.7 Å². The molecule has 2 fully saturated rings. The minimum Gasteiger partial charge on any atom is -0.369 e. The molecule has 9 nitrogen and oxygen atoms in total. The van der Waals surface area contributed by atoms with Gasteiger partial charge in [-0.3, -0.25) is 15.0 Å². The average Bonchev–Trinajstić information content (AvgIpc) is 3.42. The molecule has 0 aliphatic carbocycles. The smallest absolute Gasteiger partial charge is 0.223 e. The number of benzene rings is 1. The number of fused-ring (bicyclic) bond motifs is 3. The highest BCUT2D eigenvalue weighted by molar-refractivity contribution is 6.30. The van der Waals surface area contributed by atoms with Gasteiger partial charge in [0, 0.05) is 49.3 Å². The van der Waals surface area contributed by atoms with Crippen molar-refractivity contribution in [2.75, 3.05) is 13.1 Å². The molecule has 4 aliphatic rings. The number of carbonyl (C=O) groups is 2. The van der Waals surface area contributed by atoms with Crippen molar-refractivity contribution < 1.29 is 9.59 Å². The third-order valence-electron chi connectivity index (χ3n) is 6.90. The normalized spacial score (nSPS) is 27.1. The number of hydrazine groups is 1. The number of likely N-dealkylation sites (tertiary alicyclic amines) is 1. The van der Waals surface area contributed by atoms with Gasteiger partial charge in [0.25, 0.3) is 0 Å². The van der Waals surface area contributed by atoms with Crippen LogP contribution in [0.2, 0.25) is 5.02 Å². The maximum absolute atomic E-state index is 12.7. The number of halogens is 1. The molecule has 1 aromatic carbocycles. The summed E-state index contributed by atoms with van der Waals surface area (Å²) in [5.41, 5.74) is 13.4. The van der Waals surface area contributed by atoms with Crippen molar-refractivity contribution in [1.29, 1.82) is 0 Å². The Hall–Kier alpha value is -2.78. The predicted molar refractivity (Wildman–Crippen MR) is 121 cm³/mol. The van der Waals surface area contributed by atoms with Crippen LogP contribution in [0.15, 0.2) is 41.8 Å². The van der Waals surface area contributed by atoms with E-state index in [0.717, 1.165) is 17.3 Å². The van der Waals surface area contributed by atoms with Gasteiger partial charge in [-0.1, -0.05) is 23.7 Å². The third kappa shape index (κ3) is 4.02. The van der Waals surface area contributed by atoms with E-state index in [9.17, 15) is 9.59 Å². The Morgan fingerprint density at radius 1 is 1.16 bits per heavy atom. The Kier molecular flexibility index (Phi) is 5.69. The van der Waals surface area contributed by atoms with E-state index in [0.29, 0.717) is 38.8 Å². The van der Waals surface area contributed by atoms with Crippen molar-refractivity contribution in [3.05, 3.63) is 47.3 Å². The largest absolute Gasteiger partial charge is 0.369 e. The first-order chi connectivity index (χ1) is 15.5. The van der Waals surface area contributed by atoms with Crippen LogP contribution in [0.5, 0.6) is 0 Å². The first-order valence-corrected chi connectivity index (χ1v) is 11.5. The summed E-state index contributed by atoms with van der Waals surface area (Å²) in [7, 11) is 0. The van der Waals surface area contributed by atoms with Gasteiger partial charge >= 0.3 is 0 Å². The molecule has 2 saturated heterocycles. The van der Waals surface area contributed by atoms with Gasteiger partial charge in [-0.15, -0.1) is 0 Å². The standard InChI is InChI=1S/C22H28ClN7O2/c23-16-3-1-14(2-4-16)17-13-18-22-26-25-19(29(22)11-12-30(18)27-17)5-6-20(31)28-9-7-15(8-10-28)21(24)32/h1-4,11-12,15,17-18,22,26-27H,5-10,13H2,(H2,24,32). The first kappa shape index (κ1) is 21.1. The van der Waals surface area contributed by atoms with Crippen LogP contribution in [-0.4, -0.2) is 57.8 Å². The summed E-state index contributed by atoms with van der Waals surface area (Å²) in [6.45, 7) is 1.19. The summed E-state index contributed by atoms with van der Waals surface area (Å²) in [6, 6.07) is 8.37. The fraction of sp³-hybridized carbons (Fsp3) is 0.500. The molecule has 5 rings (SSSR count). The zero-order valence-electron chi connectivity index (χ0n) is 17.8. The van der Waals surface area contributed by atoms with Crippen LogP contribution in [-0.2, 0) is 9.59 Å². The molecule has 0 aromatic heterocycles. The Bertz CT molecular complexity index is 942. The number of amidine groups is 1. The van der Waals surface area contributed by atoms with Crippen molar-refractivity contribution in [3.8, 4) is 0 Å². The van der Waals surface area contributed by atoms with E-state index >= 15 is 0 Å². The molecule has 10 heteroatoms. The number of hydrazone groups is 1. The molecular weight excluding hydrogens is 430 g/mol. The van der Waals surface area contributed by atoms with E-state index in [2.05, 4.69) is 38.0 Å². The fourth-order valence-corrected chi connectivity index (χ4v) is 5.14. The SMILES string of the molecule is NC(=O)C1CCN(C(=O)CCC2=NNC3C4CC(c5ccc(Cl)cc5)NN4C=CN23)CC1. The van der Waals surface area contributed by atoms with Gasteiger partial charge in [0.15, 0.2) is 0 Å². The van der Waals surface area contributed by atoms with Crippen LogP contribution in [0.4, 0.5) is 0 Å². The summed E-state index contributed by atoms with van der Waals surface area (Å²) in [5, 5.41) is 7.41. The van der Waals surface area contributed by atoms with Gasteiger partial charge < -0.3 is 20.5 Å². The summed E-state index contributed by atoms with van der Waals surface area (Å²) in [4.78, 5) is 28.0. The van der Waals surface area contributed by atoms with Crippen molar-refractivity contribution in [3.63, 3.8) is 0 Å². The van der Waals surface area contributed by atoms with E-state index in [1.807, 2.05) is 29.4 Å². The number of carbonyl (C=O) groups excluding carboxylic acids is 2. The molecular formula is C22H28ClN7O2. The van der Waals surface area contributed by atoms with E-state index in [1.54, 1.807) is 0 Å². The number of nitrogens with one attached hydrogen (secondary N) is 2. The minimum atomic E-state index is -0.264. The van der Waals surface area contributed by atoms with Crippen molar-refractivity contribution in [2.24, 2.45) is 16.8 Å². The number of nitrogens with zero attached hydrogens (tertiary/aromatic N) is 4. The Morgan fingerprint density at radius 2 is 1.91 bits per heavy atom. The van der Waals surface area contributed by atoms with Gasteiger partial charge in [0.05, 0.1) is 12.1 Å². The van der Waals surface area contributed by atoms with Crippen LogP contribution in [0.25, 0.3) is 0 Å². The zero-order valence-corrected chi connectivity index (χ0v) is 18.5. The fourth-order valence-electron chi connectivity index (χ4n) is 5.01. The second-order valence-corrected chi connectivity index (χ2v) is 9.24. The molecule has 0 radical (unpaired) electrons. The first-order valence-electron chi connectivity index (χ1n) is 11.2. The lowest BCUT2D eigenvalue weighted by Crippen LogP contribution is -2.54. The molecule has 4 aliphatic heterocycles. The molecule has 2 amide bonds. The lowest BCUT2D eigenvalue weighted by atomic mass is 9.96. The third-order valence-corrected chi connectivity index (χ3v) is 7.15. The minimum absolute atomic E-state index is 0.0289. The molecule has 4 heterocycles. The Labute approximate surface area is 192 Å². The number of hydrogen-bond acceptors (Lipinski definition) is 7. The van der Waals surface area contributed by atoms with E-state index < -0.39 is 0 Å². The highest BCUT2D eigenvalue weighted by Crippen LogP contribution is 2.34. The molecule has 0 saturated carbocycles. The zero-order chi connectivity index (χ0) is 22.2. The quantitative estimate of drug-likeness (QED) is 0.618. The van der Waals surface area contributed by atoms with Gasteiger partial charge in [-0.25, -0.2) is 5.43 Å². The molecule has 0 bridgehead atoms. The summed E-state index contributed by atoms with van der Waals surface area (Å²) in [6.07, 6.45) is 7.29. The topological polar surface area (TPSA) is 106 Å².